The summed E-state index contributed by atoms with van der Waals surface area (Å²) in [5, 5.41) is 3.72. The third-order valence-corrected chi connectivity index (χ3v) is 5.70. The molecule has 21 heavy (non-hydrogen) atoms. The van der Waals surface area contributed by atoms with Crippen molar-refractivity contribution in [2.75, 3.05) is 14.2 Å². The van der Waals surface area contributed by atoms with Gasteiger partial charge in [0.2, 0.25) is 0 Å². The number of carbonyl (C=O) groups excluding carboxylic acids is 1. The number of thioether (sulfide) groups is 1. The van der Waals surface area contributed by atoms with E-state index in [2.05, 4.69) is 36.5 Å². The molecule has 0 amide bonds. The number of hydrogen-bond acceptors (Lipinski definition) is 4. The van der Waals surface area contributed by atoms with Gasteiger partial charge < -0.3 is 10.1 Å². The number of benzene rings is 1. The molecule has 1 aromatic carbocycles. The molecular formula is C17H25NO2S. The standard InChI is InChI=1S/C17H25NO2S/c1-13-6-4-7-14(10-13)12-21-15-8-5-9-17(11-15,18-2)16(19)20-3/h4,6-7,10,15,18H,5,8-9,11-12H2,1-3H3. The van der Waals surface area contributed by atoms with Crippen LogP contribution in [0.25, 0.3) is 0 Å². The first kappa shape index (κ1) is 16.4. The van der Waals surface area contributed by atoms with Crippen molar-refractivity contribution >= 4 is 17.7 Å². The van der Waals surface area contributed by atoms with Crippen molar-refractivity contribution in [3.63, 3.8) is 0 Å². The molecule has 4 heteroatoms. The van der Waals surface area contributed by atoms with Gasteiger partial charge in [-0.3, -0.25) is 4.79 Å². The highest BCUT2D eigenvalue weighted by atomic mass is 32.2. The topological polar surface area (TPSA) is 38.3 Å². The van der Waals surface area contributed by atoms with Gasteiger partial charge in [-0.25, -0.2) is 0 Å². The quantitative estimate of drug-likeness (QED) is 0.847. The first-order valence-electron chi connectivity index (χ1n) is 7.54. The van der Waals surface area contributed by atoms with Crippen molar-refractivity contribution in [2.45, 2.75) is 49.1 Å². The molecule has 1 fully saturated rings. The number of ether oxygens (including phenoxy) is 1. The molecule has 1 saturated carbocycles. The maximum Gasteiger partial charge on any atom is 0.326 e. The van der Waals surface area contributed by atoms with Crippen LogP contribution in [-0.4, -0.2) is 30.9 Å². The molecule has 3 nitrogen and oxygen atoms in total. The lowest BCUT2D eigenvalue weighted by Gasteiger charge is -2.38. The van der Waals surface area contributed by atoms with E-state index in [1.165, 1.54) is 24.7 Å². The molecule has 0 spiro atoms. The van der Waals surface area contributed by atoms with E-state index >= 15 is 0 Å². The second kappa shape index (κ2) is 7.32. The van der Waals surface area contributed by atoms with Crippen molar-refractivity contribution in [2.24, 2.45) is 0 Å². The van der Waals surface area contributed by atoms with Gasteiger partial charge in [-0.2, -0.15) is 11.8 Å². The number of hydrogen-bond donors (Lipinski definition) is 1. The van der Waals surface area contributed by atoms with E-state index in [4.69, 9.17) is 4.74 Å². The van der Waals surface area contributed by atoms with Gasteiger partial charge in [-0.05, 0) is 45.2 Å². The lowest BCUT2D eigenvalue weighted by Crippen LogP contribution is -2.54. The van der Waals surface area contributed by atoms with E-state index in [9.17, 15) is 4.79 Å². The minimum Gasteiger partial charge on any atom is -0.468 e. The van der Waals surface area contributed by atoms with Crippen LogP contribution in [-0.2, 0) is 15.3 Å². The number of esters is 1. The summed E-state index contributed by atoms with van der Waals surface area (Å²) in [6.07, 6.45) is 3.97. The van der Waals surface area contributed by atoms with Gasteiger partial charge in [0.15, 0.2) is 0 Å². The van der Waals surface area contributed by atoms with E-state index < -0.39 is 5.54 Å². The van der Waals surface area contributed by atoms with E-state index in [0.29, 0.717) is 5.25 Å². The van der Waals surface area contributed by atoms with Crippen LogP contribution in [0, 0.1) is 6.92 Å². The average molecular weight is 307 g/mol. The monoisotopic (exact) mass is 307 g/mol. The van der Waals surface area contributed by atoms with Crippen molar-refractivity contribution in [1.29, 1.82) is 0 Å². The predicted molar refractivity (Wildman–Crippen MR) is 88.5 cm³/mol. The SMILES string of the molecule is CNC1(C(=O)OC)CCCC(SCc2cccc(C)c2)C1. The minimum absolute atomic E-state index is 0.120. The Bertz CT molecular complexity index is 491. The number of likely N-dealkylation sites (N-methyl/N-ethyl adjacent to an activating group) is 1. The zero-order valence-electron chi connectivity index (χ0n) is 13.1. The molecule has 0 aromatic heterocycles. The fourth-order valence-corrected chi connectivity index (χ4v) is 4.44. The Balaban J connectivity index is 1.96. The van der Waals surface area contributed by atoms with E-state index in [1.807, 2.05) is 18.8 Å². The van der Waals surface area contributed by atoms with Gasteiger partial charge >= 0.3 is 5.97 Å². The Kier molecular flexibility index (Phi) is 5.71. The minimum atomic E-state index is -0.489. The van der Waals surface area contributed by atoms with E-state index in [1.54, 1.807) is 0 Å². The molecule has 2 rings (SSSR count). The normalized spacial score (nSPS) is 25.6. The lowest BCUT2D eigenvalue weighted by atomic mass is 9.81. The van der Waals surface area contributed by atoms with Gasteiger partial charge in [0, 0.05) is 11.0 Å². The Morgan fingerprint density at radius 1 is 1.52 bits per heavy atom. The van der Waals surface area contributed by atoms with E-state index in [0.717, 1.165) is 25.0 Å². The Hall–Kier alpha value is -1.00. The first-order valence-corrected chi connectivity index (χ1v) is 8.59. The fraction of sp³-hybridized carbons (Fsp3) is 0.588. The maximum absolute atomic E-state index is 12.1. The molecule has 0 radical (unpaired) electrons. The van der Waals surface area contributed by atoms with Crippen LogP contribution in [0.4, 0.5) is 0 Å². The van der Waals surface area contributed by atoms with Crippen LogP contribution in [0.1, 0.15) is 36.8 Å². The Morgan fingerprint density at radius 2 is 2.33 bits per heavy atom. The third kappa shape index (κ3) is 4.01. The molecule has 116 valence electrons. The molecule has 1 aromatic rings. The fourth-order valence-electron chi connectivity index (χ4n) is 3.09. The van der Waals surface area contributed by atoms with Crippen molar-refractivity contribution in [3.05, 3.63) is 35.4 Å². The first-order chi connectivity index (χ1) is 10.1. The lowest BCUT2D eigenvalue weighted by molar-refractivity contribution is -0.149. The van der Waals surface area contributed by atoms with Crippen LogP contribution < -0.4 is 5.32 Å². The van der Waals surface area contributed by atoms with Crippen molar-refractivity contribution in [1.82, 2.24) is 5.32 Å². The second-order valence-electron chi connectivity index (χ2n) is 5.84. The van der Waals surface area contributed by atoms with Gasteiger partial charge in [0.25, 0.3) is 0 Å². The van der Waals surface area contributed by atoms with E-state index in [-0.39, 0.29) is 5.97 Å². The van der Waals surface area contributed by atoms with Crippen LogP contribution in [0.15, 0.2) is 24.3 Å². The zero-order chi connectivity index (χ0) is 15.3. The van der Waals surface area contributed by atoms with Crippen LogP contribution >= 0.6 is 11.8 Å². The van der Waals surface area contributed by atoms with Crippen LogP contribution in [0.2, 0.25) is 0 Å². The predicted octanol–water partition coefficient (Wildman–Crippen LogP) is 3.30. The van der Waals surface area contributed by atoms with Crippen molar-refractivity contribution in [3.8, 4) is 0 Å². The summed E-state index contributed by atoms with van der Waals surface area (Å²) in [4.78, 5) is 12.1. The molecule has 0 aliphatic heterocycles. The second-order valence-corrected chi connectivity index (χ2v) is 7.13. The Labute approximate surface area is 131 Å². The Morgan fingerprint density at radius 3 is 3.00 bits per heavy atom. The molecule has 1 aliphatic carbocycles. The van der Waals surface area contributed by atoms with Crippen LogP contribution in [0.3, 0.4) is 0 Å². The van der Waals surface area contributed by atoms with Crippen LogP contribution in [0.5, 0.6) is 0 Å². The summed E-state index contributed by atoms with van der Waals surface area (Å²) < 4.78 is 5.00. The average Bonchev–Trinajstić information content (AvgIpc) is 2.52. The molecule has 1 N–H and O–H groups in total. The molecule has 0 bridgehead atoms. The zero-order valence-corrected chi connectivity index (χ0v) is 14.0. The molecule has 0 heterocycles. The van der Waals surface area contributed by atoms with Gasteiger partial charge in [0.05, 0.1) is 7.11 Å². The maximum atomic E-state index is 12.1. The smallest absolute Gasteiger partial charge is 0.326 e. The number of carbonyl (C=O) groups is 1. The molecule has 2 unspecified atom stereocenters. The highest BCUT2D eigenvalue weighted by molar-refractivity contribution is 7.99. The number of rotatable bonds is 5. The van der Waals surface area contributed by atoms with Gasteiger partial charge in [-0.1, -0.05) is 29.8 Å². The summed E-state index contributed by atoms with van der Waals surface area (Å²) in [7, 11) is 3.34. The molecule has 0 saturated heterocycles. The summed E-state index contributed by atoms with van der Waals surface area (Å²) in [5.41, 5.74) is 2.17. The van der Waals surface area contributed by atoms with Crippen molar-refractivity contribution < 1.29 is 9.53 Å². The summed E-state index contributed by atoms with van der Waals surface area (Å²) >= 11 is 1.96. The molecule has 1 aliphatic rings. The summed E-state index contributed by atoms with van der Waals surface area (Å²) in [6, 6.07) is 8.65. The third-order valence-electron chi connectivity index (χ3n) is 4.33. The number of methoxy groups -OCH3 is 1. The van der Waals surface area contributed by atoms with Gasteiger partial charge in [-0.15, -0.1) is 0 Å². The molecule has 2 atom stereocenters. The highest BCUT2D eigenvalue weighted by Gasteiger charge is 2.42. The number of nitrogens with one attached hydrogen (secondary N) is 1. The number of aryl methyl sites for hydroxylation is 1. The summed E-state index contributed by atoms with van der Waals surface area (Å²) in [5.74, 6) is 0.888. The highest BCUT2D eigenvalue weighted by Crippen LogP contribution is 2.37. The molecular weight excluding hydrogens is 282 g/mol. The largest absolute Gasteiger partial charge is 0.468 e. The summed E-state index contributed by atoms with van der Waals surface area (Å²) in [6.45, 7) is 2.12. The van der Waals surface area contributed by atoms with Gasteiger partial charge in [0.1, 0.15) is 5.54 Å².